The van der Waals surface area contributed by atoms with Gasteiger partial charge in [0.05, 0.1) is 24.7 Å². The van der Waals surface area contributed by atoms with E-state index in [2.05, 4.69) is 0 Å². The van der Waals surface area contributed by atoms with Gasteiger partial charge in [-0.05, 0) is 49.4 Å². The number of rotatable bonds is 5. The van der Waals surface area contributed by atoms with Gasteiger partial charge < -0.3 is 19.1 Å². The molecular weight excluding hydrogens is 420 g/mol. The van der Waals surface area contributed by atoms with Crippen molar-refractivity contribution in [3.05, 3.63) is 53.6 Å². The highest BCUT2D eigenvalue weighted by Gasteiger charge is 2.29. The molecule has 0 aromatic heterocycles. The van der Waals surface area contributed by atoms with E-state index in [1.54, 1.807) is 47.4 Å². The summed E-state index contributed by atoms with van der Waals surface area (Å²) in [5.74, 6) is 1.14. The molecule has 1 fully saturated rings. The lowest BCUT2D eigenvalue weighted by Gasteiger charge is -2.27. The Bertz CT molecular complexity index is 1030. The van der Waals surface area contributed by atoms with Crippen molar-refractivity contribution in [3.8, 4) is 11.5 Å². The van der Waals surface area contributed by atoms with Crippen molar-refractivity contribution in [2.75, 3.05) is 46.1 Å². The standard InChI is InChI=1S/C22H26N2O6S/c1-2-29-19-4-6-20(7-5-19)31(26,27)24-11-14-30-21-8-3-17(15-18(21)16-24)22(25)23-9-12-28-13-10-23/h3-8,15H,2,9-14,16H2,1H3. The maximum Gasteiger partial charge on any atom is 0.254 e. The van der Waals surface area contributed by atoms with Crippen LogP contribution in [-0.4, -0.2) is 69.6 Å². The lowest BCUT2D eigenvalue weighted by molar-refractivity contribution is 0.0303. The number of ether oxygens (including phenoxy) is 3. The molecule has 0 spiro atoms. The van der Waals surface area contributed by atoms with Gasteiger partial charge in [-0.25, -0.2) is 8.42 Å². The maximum atomic E-state index is 13.2. The zero-order valence-electron chi connectivity index (χ0n) is 17.5. The van der Waals surface area contributed by atoms with E-state index in [1.165, 1.54) is 4.31 Å². The molecule has 2 aliphatic rings. The topological polar surface area (TPSA) is 85.4 Å². The summed E-state index contributed by atoms with van der Waals surface area (Å²) in [6.45, 7) is 5.11. The van der Waals surface area contributed by atoms with Crippen LogP contribution >= 0.6 is 0 Å². The summed E-state index contributed by atoms with van der Waals surface area (Å²) in [7, 11) is -3.73. The quantitative estimate of drug-likeness (QED) is 0.700. The van der Waals surface area contributed by atoms with Gasteiger partial charge in [0.25, 0.3) is 5.91 Å². The smallest absolute Gasteiger partial charge is 0.254 e. The summed E-state index contributed by atoms with van der Waals surface area (Å²) >= 11 is 0. The molecule has 31 heavy (non-hydrogen) atoms. The molecule has 2 heterocycles. The first-order chi connectivity index (χ1) is 15.0. The monoisotopic (exact) mass is 446 g/mol. The van der Waals surface area contributed by atoms with Gasteiger partial charge in [0.2, 0.25) is 10.0 Å². The number of benzene rings is 2. The van der Waals surface area contributed by atoms with E-state index in [0.717, 1.165) is 0 Å². The van der Waals surface area contributed by atoms with E-state index in [4.69, 9.17) is 14.2 Å². The average molecular weight is 447 g/mol. The second-order valence-electron chi connectivity index (χ2n) is 7.32. The Hall–Kier alpha value is -2.62. The van der Waals surface area contributed by atoms with Gasteiger partial charge in [0, 0.05) is 37.3 Å². The Morgan fingerprint density at radius 2 is 1.77 bits per heavy atom. The Balaban J connectivity index is 1.57. The summed E-state index contributed by atoms with van der Waals surface area (Å²) in [5.41, 5.74) is 1.19. The minimum absolute atomic E-state index is 0.0868. The van der Waals surface area contributed by atoms with Crippen molar-refractivity contribution >= 4 is 15.9 Å². The number of carbonyl (C=O) groups is 1. The van der Waals surface area contributed by atoms with Crippen molar-refractivity contribution < 1.29 is 27.4 Å². The van der Waals surface area contributed by atoms with E-state index < -0.39 is 10.0 Å². The fourth-order valence-corrected chi connectivity index (χ4v) is 5.08. The third kappa shape index (κ3) is 4.68. The van der Waals surface area contributed by atoms with Crippen LogP contribution in [0.1, 0.15) is 22.8 Å². The second kappa shape index (κ2) is 9.25. The Morgan fingerprint density at radius 1 is 1.03 bits per heavy atom. The summed E-state index contributed by atoms with van der Waals surface area (Å²) in [5, 5.41) is 0. The van der Waals surface area contributed by atoms with Crippen LogP contribution in [0, 0.1) is 0 Å². The molecule has 0 bridgehead atoms. The summed E-state index contributed by atoms with van der Waals surface area (Å²) in [4.78, 5) is 14.8. The molecular formula is C22H26N2O6S. The van der Waals surface area contributed by atoms with Gasteiger partial charge in [0.15, 0.2) is 0 Å². The minimum atomic E-state index is -3.73. The minimum Gasteiger partial charge on any atom is -0.494 e. The molecule has 0 saturated carbocycles. The number of amides is 1. The third-order valence-electron chi connectivity index (χ3n) is 5.32. The Labute approximate surface area is 182 Å². The number of sulfonamides is 1. The zero-order valence-corrected chi connectivity index (χ0v) is 18.3. The summed E-state index contributed by atoms with van der Waals surface area (Å²) < 4.78 is 44.3. The van der Waals surface area contributed by atoms with Crippen molar-refractivity contribution in [1.82, 2.24) is 9.21 Å². The van der Waals surface area contributed by atoms with Crippen molar-refractivity contribution in [1.29, 1.82) is 0 Å². The summed E-state index contributed by atoms with van der Waals surface area (Å²) in [6, 6.07) is 11.6. The zero-order chi connectivity index (χ0) is 21.8. The van der Waals surface area contributed by atoms with E-state index in [1.807, 2.05) is 6.92 Å². The van der Waals surface area contributed by atoms with Crippen molar-refractivity contribution in [2.45, 2.75) is 18.4 Å². The fraction of sp³-hybridized carbons (Fsp3) is 0.409. The first-order valence-corrected chi connectivity index (χ1v) is 11.8. The molecule has 0 radical (unpaired) electrons. The normalized spacial score (nSPS) is 17.4. The number of nitrogens with zero attached hydrogens (tertiary/aromatic N) is 2. The molecule has 0 aliphatic carbocycles. The van der Waals surface area contributed by atoms with Gasteiger partial charge in [-0.15, -0.1) is 0 Å². The molecule has 2 aromatic carbocycles. The molecule has 0 unspecified atom stereocenters. The third-order valence-corrected chi connectivity index (χ3v) is 7.18. The summed E-state index contributed by atoms with van der Waals surface area (Å²) in [6.07, 6.45) is 0. The molecule has 166 valence electrons. The lowest BCUT2D eigenvalue weighted by atomic mass is 10.1. The molecule has 8 nitrogen and oxygen atoms in total. The van der Waals surface area contributed by atoms with E-state index >= 15 is 0 Å². The van der Waals surface area contributed by atoms with E-state index in [0.29, 0.717) is 55.5 Å². The molecule has 0 atom stereocenters. The van der Waals surface area contributed by atoms with Crippen LogP contribution in [-0.2, 0) is 21.3 Å². The number of morpholine rings is 1. The van der Waals surface area contributed by atoms with Crippen LogP contribution in [0.3, 0.4) is 0 Å². The highest BCUT2D eigenvalue weighted by atomic mass is 32.2. The first-order valence-electron chi connectivity index (χ1n) is 10.3. The van der Waals surface area contributed by atoms with Crippen LogP contribution in [0.4, 0.5) is 0 Å². The molecule has 2 aliphatic heterocycles. The predicted molar refractivity (Wildman–Crippen MR) is 114 cm³/mol. The molecule has 1 saturated heterocycles. The van der Waals surface area contributed by atoms with Gasteiger partial charge in [-0.3, -0.25) is 4.79 Å². The Morgan fingerprint density at radius 3 is 2.48 bits per heavy atom. The average Bonchev–Trinajstić information content (AvgIpc) is 3.02. The number of hydrogen-bond donors (Lipinski definition) is 0. The fourth-order valence-electron chi connectivity index (χ4n) is 3.68. The van der Waals surface area contributed by atoms with Crippen molar-refractivity contribution in [2.24, 2.45) is 0 Å². The highest BCUT2D eigenvalue weighted by molar-refractivity contribution is 7.89. The Kier molecular flexibility index (Phi) is 6.45. The van der Waals surface area contributed by atoms with E-state index in [-0.39, 0.29) is 30.5 Å². The van der Waals surface area contributed by atoms with Crippen LogP contribution in [0.15, 0.2) is 47.4 Å². The number of hydrogen-bond acceptors (Lipinski definition) is 6. The number of fused-ring (bicyclic) bond motifs is 1. The number of carbonyl (C=O) groups excluding carboxylic acids is 1. The van der Waals surface area contributed by atoms with Crippen LogP contribution in [0.2, 0.25) is 0 Å². The highest BCUT2D eigenvalue weighted by Crippen LogP contribution is 2.29. The predicted octanol–water partition coefficient (Wildman–Crippen LogP) is 2.14. The molecule has 1 amide bonds. The second-order valence-corrected chi connectivity index (χ2v) is 9.26. The largest absolute Gasteiger partial charge is 0.494 e. The maximum absolute atomic E-state index is 13.2. The van der Waals surface area contributed by atoms with Gasteiger partial charge in [-0.2, -0.15) is 4.31 Å². The molecule has 0 N–H and O–H groups in total. The van der Waals surface area contributed by atoms with Crippen LogP contribution in [0.5, 0.6) is 11.5 Å². The first kappa shape index (κ1) is 21.6. The molecule has 2 aromatic rings. The van der Waals surface area contributed by atoms with Crippen LogP contribution < -0.4 is 9.47 Å². The molecule has 4 rings (SSSR count). The van der Waals surface area contributed by atoms with Crippen molar-refractivity contribution in [3.63, 3.8) is 0 Å². The van der Waals surface area contributed by atoms with Gasteiger partial charge in [0.1, 0.15) is 18.1 Å². The SMILES string of the molecule is CCOc1ccc(S(=O)(=O)N2CCOc3ccc(C(=O)N4CCOCC4)cc3C2)cc1. The van der Waals surface area contributed by atoms with Crippen LogP contribution in [0.25, 0.3) is 0 Å². The molecule has 9 heteroatoms. The van der Waals surface area contributed by atoms with E-state index in [9.17, 15) is 13.2 Å². The lowest BCUT2D eigenvalue weighted by Crippen LogP contribution is -2.40. The van der Waals surface area contributed by atoms with Gasteiger partial charge in [-0.1, -0.05) is 0 Å². The van der Waals surface area contributed by atoms with Gasteiger partial charge >= 0.3 is 0 Å².